The van der Waals surface area contributed by atoms with Gasteiger partial charge in [-0.25, -0.2) is 14.8 Å². The van der Waals surface area contributed by atoms with Crippen molar-refractivity contribution < 1.29 is 14.7 Å². The van der Waals surface area contributed by atoms with E-state index in [0.29, 0.717) is 44.6 Å². The second-order valence-corrected chi connectivity index (χ2v) is 9.56. The zero-order chi connectivity index (χ0) is 26.5. The van der Waals surface area contributed by atoms with Gasteiger partial charge in [0, 0.05) is 24.5 Å². The molecule has 0 aliphatic carbocycles. The van der Waals surface area contributed by atoms with Crippen LogP contribution in [-0.2, 0) is 6.54 Å². The summed E-state index contributed by atoms with van der Waals surface area (Å²) in [5.41, 5.74) is 3.68. The van der Waals surface area contributed by atoms with Crippen LogP contribution in [0.3, 0.4) is 0 Å². The zero-order valence-electron chi connectivity index (χ0n) is 20.2. The van der Waals surface area contributed by atoms with Crippen LogP contribution < -0.4 is 10.6 Å². The molecule has 0 unspecified atom stereocenters. The number of pyridine rings is 1. The number of carbonyl (C=O) groups excluding carboxylic acids is 2. The average molecular weight is 541 g/mol. The molecule has 4 N–H and O–H groups in total. The minimum atomic E-state index is -0.932. The number of benzene rings is 2. The van der Waals surface area contributed by atoms with E-state index in [-0.39, 0.29) is 24.5 Å². The van der Waals surface area contributed by atoms with Gasteiger partial charge in [0.1, 0.15) is 0 Å². The molecule has 2 aromatic heterocycles. The molecule has 0 fully saturated rings. The Bertz CT molecular complexity index is 1410. The highest BCUT2D eigenvalue weighted by Crippen LogP contribution is 2.26. The molecule has 0 aliphatic rings. The molecule has 0 saturated heterocycles. The highest BCUT2D eigenvalue weighted by atomic mass is 35.5. The van der Waals surface area contributed by atoms with Crippen LogP contribution >= 0.6 is 23.2 Å². The largest absolute Gasteiger partial charge is 0.387 e. The van der Waals surface area contributed by atoms with E-state index in [2.05, 4.69) is 25.6 Å². The summed E-state index contributed by atoms with van der Waals surface area (Å²) in [6, 6.07) is 13.2. The first-order valence-corrected chi connectivity index (χ1v) is 12.3. The maximum absolute atomic E-state index is 13.0. The van der Waals surface area contributed by atoms with E-state index in [1.54, 1.807) is 36.4 Å². The molecule has 192 valence electrons. The average Bonchev–Trinajstić information content (AvgIpc) is 3.36. The highest BCUT2D eigenvalue weighted by molar-refractivity contribution is 6.42. The lowest BCUT2D eigenvalue weighted by molar-refractivity contribution is 0.0950. The Kier molecular flexibility index (Phi) is 8.27. The first-order chi connectivity index (χ1) is 17.7. The summed E-state index contributed by atoms with van der Waals surface area (Å²) in [5, 5.41) is 17.1. The number of H-pyrrole nitrogens is 1. The normalized spacial score (nSPS) is 11.9. The van der Waals surface area contributed by atoms with E-state index in [4.69, 9.17) is 23.2 Å². The number of hydrogen-bond acceptors (Lipinski definition) is 5. The molecule has 0 aliphatic heterocycles. The number of nitrogens with zero attached hydrogens (tertiary/aromatic N) is 3. The molecular weight excluding hydrogens is 515 g/mol. The molecule has 3 amide bonds. The van der Waals surface area contributed by atoms with Crippen molar-refractivity contribution in [3.63, 3.8) is 0 Å². The summed E-state index contributed by atoms with van der Waals surface area (Å²) in [4.78, 5) is 38.1. The second-order valence-electron chi connectivity index (χ2n) is 8.74. The first kappa shape index (κ1) is 26.4. The Balaban J connectivity index is 1.33. The summed E-state index contributed by atoms with van der Waals surface area (Å²) in [7, 11) is 0. The maximum atomic E-state index is 13.0. The summed E-state index contributed by atoms with van der Waals surface area (Å²) in [6.07, 6.45) is 2.08. The van der Waals surface area contributed by atoms with Crippen molar-refractivity contribution in [3.8, 4) is 0 Å². The van der Waals surface area contributed by atoms with E-state index >= 15 is 0 Å². The maximum Gasteiger partial charge on any atom is 0.322 e. The highest BCUT2D eigenvalue weighted by Gasteiger charge is 2.22. The fourth-order valence-corrected chi connectivity index (χ4v) is 3.99. The van der Waals surface area contributed by atoms with Crippen LogP contribution in [0.5, 0.6) is 0 Å². The van der Waals surface area contributed by atoms with Gasteiger partial charge in [-0.15, -0.1) is 0 Å². The number of aliphatic hydroxyl groups is 1. The van der Waals surface area contributed by atoms with E-state index in [9.17, 15) is 14.7 Å². The van der Waals surface area contributed by atoms with Crippen LogP contribution in [-0.4, -0.2) is 49.5 Å². The Morgan fingerprint density at radius 2 is 1.81 bits per heavy atom. The van der Waals surface area contributed by atoms with Crippen molar-refractivity contribution in [2.24, 2.45) is 0 Å². The number of carbonyl (C=O) groups is 2. The molecule has 37 heavy (non-hydrogen) atoms. The van der Waals surface area contributed by atoms with Crippen LogP contribution in [0.1, 0.15) is 41.4 Å². The van der Waals surface area contributed by atoms with Gasteiger partial charge in [0.15, 0.2) is 5.65 Å². The fourth-order valence-electron chi connectivity index (χ4n) is 3.68. The minimum Gasteiger partial charge on any atom is -0.387 e. The van der Waals surface area contributed by atoms with Crippen LogP contribution in [0.15, 0.2) is 61.1 Å². The van der Waals surface area contributed by atoms with Gasteiger partial charge < -0.3 is 25.6 Å². The number of hydrogen-bond donors (Lipinski definition) is 4. The van der Waals surface area contributed by atoms with Gasteiger partial charge in [0.25, 0.3) is 5.91 Å². The van der Waals surface area contributed by atoms with E-state index < -0.39 is 6.10 Å². The second kappa shape index (κ2) is 11.6. The van der Waals surface area contributed by atoms with E-state index in [0.717, 1.165) is 5.56 Å². The molecule has 0 bridgehead atoms. The van der Waals surface area contributed by atoms with Crippen LogP contribution in [0.25, 0.3) is 11.2 Å². The number of aromatic amines is 1. The smallest absolute Gasteiger partial charge is 0.322 e. The number of nitrogens with one attached hydrogen (secondary N) is 3. The zero-order valence-corrected chi connectivity index (χ0v) is 21.7. The van der Waals surface area contributed by atoms with Crippen molar-refractivity contribution >= 4 is 52.0 Å². The lowest BCUT2D eigenvalue weighted by Crippen LogP contribution is -2.42. The van der Waals surface area contributed by atoms with E-state index in [1.807, 2.05) is 26.0 Å². The van der Waals surface area contributed by atoms with Crippen molar-refractivity contribution in [2.75, 3.05) is 11.9 Å². The Morgan fingerprint density at radius 3 is 2.51 bits per heavy atom. The van der Waals surface area contributed by atoms with Crippen molar-refractivity contribution in [2.45, 2.75) is 32.5 Å². The molecular formula is C26H26Cl2N6O3. The Morgan fingerprint density at radius 1 is 1.05 bits per heavy atom. The number of anilines is 1. The van der Waals surface area contributed by atoms with Crippen molar-refractivity contribution in [1.82, 2.24) is 25.2 Å². The number of aliphatic hydroxyl groups excluding tert-OH is 1. The third-order valence-corrected chi connectivity index (χ3v) is 6.52. The third-order valence-electron chi connectivity index (χ3n) is 5.78. The molecule has 11 heteroatoms. The minimum absolute atomic E-state index is 0.0742. The topological polar surface area (TPSA) is 123 Å². The first-order valence-electron chi connectivity index (χ1n) is 11.6. The molecule has 2 aromatic carbocycles. The number of imidazole rings is 1. The van der Waals surface area contributed by atoms with Crippen LogP contribution in [0.2, 0.25) is 10.0 Å². The summed E-state index contributed by atoms with van der Waals surface area (Å²) in [6.45, 7) is 4.12. The van der Waals surface area contributed by atoms with Gasteiger partial charge in [-0.3, -0.25) is 4.79 Å². The predicted molar refractivity (Wildman–Crippen MR) is 144 cm³/mol. The van der Waals surface area contributed by atoms with Crippen LogP contribution in [0.4, 0.5) is 10.5 Å². The lowest BCUT2D eigenvalue weighted by atomic mass is 10.1. The monoisotopic (exact) mass is 540 g/mol. The summed E-state index contributed by atoms with van der Waals surface area (Å²) < 4.78 is 0. The number of halogens is 2. The van der Waals surface area contributed by atoms with Gasteiger partial charge in [-0.2, -0.15) is 0 Å². The van der Waals surface area contributed by atoms with Gasteiger partial charge >= 0.3 is 6.03 Å². The number of urea groups is 1. The molecule has 2 heterocycles. The standard InChI is InChI=1S/C26H26Cl2N6O3/c1-15(2)34(13-23(35)17-5-8-20(27)21(28)9-17)26(37)33-19-6-3-16(4-7-19)11-30-25(36)18-10-22-24(29-12-18)32-14-31-22/h3-10,12,14-15,23,35H,11,13H2,1-2H3,(H,30,36)(H,33,37)(H,29,31,32)/t23-/m1/s1. The molecule has 1 atom stereocenters. The van der Waals surface area contributed by atoms with Gasteiger partial charge in [0.05, 0.1) is 40.1 Å². The molecule has 0 radical (unpaired) electrons. The number of rotatable bonds is 8. The Labute approximate surface area is 223 Å². The quantitative estimate of drug-likeness (QED) is 0.245. The summed E-state index contributed by atoms with van der Waals surface area (Å²) >= 11 is 12.0. The number of fused-ring (bicyclic) bond motifs is 1. The van der Waals surface area contributed by atoms with Gasteiger partial charge in [-0.1, -0.05) is 41.4 Å². The summed E-state index contributed by atoms with van der Waals surface area (Å²) in [5.74, 6) is -0.255. The van der Waals surface area contributed by atoms with Crippen molar-refractivity contribution in [1.29, 1.82) is 0 Å². The number of aromatic nitrogens is 3. The molecule has 0 spiro atoms. The predicted octanol–water partition coefficient (Wildman–Crippen LogP) is 5.17. The molecule has 0 saturated carbocycles. The SMILES string of the molecule is CC(C)N(C[C@@H](O)c1ccc(Cl)c(Cl)c1)C(=O)Nc1ccc(CNC(=O)c2cnc3nc[nH]c3c2)cc1. The fraction of sp³-hybridized carbons (Fsp3) is 0.231. The third kappa shape index (κ3) is 6.56. The van der Waals surface area contributed by atoms with Gasteiger partial charge in [-0.05, 0) is 55.3 Å². The van der Waals surface area contributed by atoms with E-state index in [1.165, 1.54) is 17.4 Å². The van der Waals surface area contributed by atoms with Crippen molar-refractivity contribution in [3.05, 3.63) is 87.8 Å². The molecule has 9 nitrogen and oxygen atoms in total. The van der Waals surface area contributed by atoms with Crippen LogP contribution in [0, 0.1) is 0 Å². The molecule has 4 aromatic rings. The van der Waals surface area contributed by atoms with Gasteiger partial charge in [0.2, 0.25) is 0 Å². The molecule has 4 rings (SSSR count). The number of amides is 3. The lowest BCUT2D eigenvalue weighted by Gasteiger charge is -2.29. The Hall–Kier alpha value is -3.66.